The largest absolute Gasteiger partial charge is 0.465 e. The lowest BCUT2D eigenvalue weighted by Gasteiger charge is -2.31. The summed E-state index contributed by atoms with van der Waals surface area (Å²) in [6.45, 7) is 5.79. The number of hydrogen-bond donors (Lipinski definition) is 1. The summed E-state index contributed by atoms with van der Waals surface area (Å²) in [6, 6.07) is 7.42. The lowest BCUT2D eigenvalue weighted by Crippen LogP contribution is -2.55. The zero-order valence-electron chi connectivity index (χ0n) is 15.0. The molecular formula is C19H24N2O4. The molecule has 0 bridgehead atoms. The molecule has 2 heterocycles. The van der Waals surface area contributed by atoms with Gasteiger partial charge in [-0.2, -0.15) is 0 Å². The van der Waals surface area contributed by atoms with Crippen LogP contribution in [0.5, 0.6) is 0 Å². The first-order chi connectivity index (χ1) is 11.9. The van der Waals surface area contributed by atoms with E-state index in [0.29, 0.717) is 6.42 Å². The predicted molar refractivity (Wildman–Crippen MR) is 91.5 cm³/mol. The molecule has 2 amide bonds. The molecule has 2 saturated heterocycles. The Bertz CT molecular complexity index is 715. The van der Waals surface area contributed by atoms with E-state index in [0.717, 1.165) is 16.0 Å². The summed E-state index contributed by atoms with van der Waals surface area (Å²) < 4.78 is 5.27. The number of hydrogen-bond acceptors (Lipinski definition) is 5. The molecule has 3 rings (SSSR count). The lowest BCUT2D eigenvalue weighted by atomic mass is 9.78. The zero-order chi connectivity index (χ0) is 18.4. The number of aryl methyl sites for hydroxylation is 1. The molecule has 2 fully saturated rings. The number of ether oxygens (including phenoxy) is 1. The molecule has 4 atom stereocenters. The van der Waals surface area contributed by atoms with Gasteiger partial charge in [0.2, 0.25) is 11.8 Å². The highest BCUT2D eigenvalue weighted by molar-refractivity contribution is 6.09. The van der Waals surface area contributed by atoms with Crippen molar-refractivity contribution in [1.29, 1.82) is 0 Å². The minimum atomic E-state index is -1.17. The third-order valence-corrected chi connectivity index (χ3v) is 5.51. The van der Waals surface area contributed by atoms with E-state index >= 15 is 0 Å². The van der Waals surface area contributed by atoms with Crippen LogP contribution >= 0.6 is 0 Å². The number of likely N-dealkylation sites (tertiary alicyclic amines) is 1. The van der Waals surface area contributed by atoms with E-state index in [1.165, 1.54) is 7.05 Å². The highest BCUT2D eigenvalue weighted by atomic mass is 16.5. The van der Waals surface area contributed by atoms with Crippen LogP contribution in [0.1, 0.15) is 37.4 Å². The molecule has 1 aromatic rings. The predicted octanol–water partition coefficient (Wildman–Crippen LogP) is 1.58. The van der Waals surface area contributed by atoms with Gasteiger partial charge in [-0.1, -0.05) is 36.8 Å². The topological polar surface area (TPSA) is 75.7 Å². The molecule has 1 aromatic carbocycles. The number of benzene rings is 1. The van der Waals surface area contributed by atoms with Crippen LogP contribution in [-0.4, -0.2) is 41.9 Å². The summed E-state index contributed by atoms with van der Waals surface area (Å²) in [7, 11) is 1.49. The SMILES string of the molecule is CCOC(=O)[C@]1(CC)N[C@@H](c2ccc(C)cc2)[C@H]2C(=O)N(C)C(=O)[C@H]21. The fraction of sp³-hybridized carbons (Fsp3) is 0.526. The van der Waals surface area contributed by atoms with Gasteiger partial charge in [-0.05, 0) is 25.8 Å². The fourth-order valence-corrected chi connectivity index (χ4v) is 4.12. The van der Waals surface area contributed by atoms with Gasteiger partial charge in [0.05, 0.1) is 18.4 Å². The van der Waals surface area contributed by atoms with Gasteiger partial charge in [0.15, 0.2) is 0 Å². The number of carbonyl (C=O) groups excluding carboxylic acids is 3. The molecule has 0 unspecified atom stereocenters. The molecule has 0 spiro atoms. The summed E-state index contributed by atoms with van der Waals surface area (Å²) in [5.41, 5.74) is 0.835. The minimum Gasteiger partial charge on any atom is -0.465 e. The monoisotopic (exact) mass is 344 g/mol. The number of nitrogens with zero attached hydrogens (tertiary/aromatic N) is 1. The van der Waals surface area contributed by atoms with Crippen molar-refractivity contribution < 1.29 is 19.1 Å². The summed E-state index contributed by atoms with van der Waals surface area (Å²) in [6.07, 6.45) is 0.377. The molecule has 2 aliphatic rings. The van der Waals surface area contributed by atoms with E-state index < -0.39 is 29.4 Å². The molecular weight excluding hydrogens is 320 g/mol. The van der Waals surface area contributed by atoms with Crippen LogP contribution in [-0.2, 0) is 19.1 Å². The second-order valence-corrected chi connectivity index (χ2v) is 6.82. The number of esters is 1. The van der Waals surface area contributed by atoms with Crippen molar-refractivity contribution >= 4 is 17.8 Å². The molecule has 1 N–H and O–H groups in total. The standard InChI is InChI=1S/C19H24N2O4/c1-5-19(18(24)25-6-2)14-13(16(22)21(4)17(14)23)15(20-19)12-9-7-11(3)8-10-12/h7-10,13-15,20H,5-6H2,1-4H3/t13-,14-,15-,19+/m0/s1. The van der Waals surface area contributed by atoms with Crippen LogP contribution in [0.4, 0.5) is 0 Å². The molecule has 6 nitrogen and oxygen atoms in total. The van der Waals surface area contributed by atoms with E-state index in [1.54, 1.807) is 6.92 Å². The summed E-state index contributed by atoms with van der Waals surface area (Å²) in [4.78, 5) is 39.4. The van der Waals surface area contributed by atoms with Crippen LogP contribution in [0, 0.1) is 18.8 Å². The number of amides is 2. The van der Waals surface area contributed by atoms with Crippen molar-refractivity contribution in [2.75, 3.05) is 13.7 Å². The first kappa shape index (κ1) is 17.6. The second-order valence-electron chi connectivity index (χ2n) is 6.82. The Morgan fingerprint density at radius 1 is 1.20 bits per heavy atom. The van der Waals surface area contributed by atoms with Crippen LogP contribution in [0.15, 0.2) is 24.3 Å². The second kappa shape index (κ2) is 6.26. The average molecular weight is 344 g/mol. The van der Waals surface area contributed by atoms with E-state index in [4.69, 9.17) is 4.74 Å². The Balaban J connectivity index is 2.10. The van der Waals surface area contributed by atoms with Crippen molar-refractivity contribution in [2.24, 2.45) is 11.8 Å². The Labute approximate surface area is 147 Å². The number of fused-ring (bicyclic) bond motifs is 1. The van der Waals surface area contributed by atoms with Crippen LogP contribution in [0.3, 0.4) is 0 Å². The zero-order valence-corrected chi connectivity index (χ0v) is 15.0. The number of imide groups is 1. The first-order valence-electron chi connectivity index (χ1n) is 8.70. The number of nitrogens with one attached hydrogen (secondary N) is 1. The Morgan fingerprint density at radius 2 is 1.84 bits per heavy atom. The van der Waals surface area contributed by atoms with Crippen molar-refractivity contribution in [2.45, 2.75) is 38.8 Å². The van der Waals surface area contributed by atoms with Gasteiger partial charge in [-0.3, -0.25) is 24.6 Å². The highest BCUT2D eigenvalue weighted by Gasteiger charge is 2.67. The van der Waals surface area contributed by atoms with Gasteiger partial charge in [0.25, 0.3) is 0 Å². The third-order valence-electron chi connectivity index (χ3n) is 5.51. The fourth-order valence-electron chi connectivity index (χ4n) is 4.12. The molecule has 134 valence electrons. The maximum atomic E-state index is 12.8. The summed E-state index contributed by atoms with van der Waals surface area (Å²) >= 11 is 0. The summed E-state index contributed by atoms with van der Waals surface area (Å²) in [5.74, 6) is -2.34. The molecule has 0 saturated carbocycles. The first-order valence-corrected chi connectivity index (χ1v) is 8.70. The third kappa shape index (κ3) is 2.47. The molecule has 0 radical (unpaired) electrons. The van der Waals surface area contributed by atoms with Crippen LogP contribution in [0.2, 0.25) is 0 Å². The molecule has 2 aliphatic heterocycles. The Kier molecular flexibility index (Phi) is 4.41. The highest BCUT2D eigenvalue weighted by Crippen LogP contribution is 2.50. The van der Waals surface area contributed by atoms with E-state index in [-0.39, 0.29) is 18.4 Å². The molecule has 0 aromatic heterocycles. The molecule has 25 heavy (non-hydrogen) atoms. The molecule has 0 aliphatic carbocycles. The van der Waals surface area contributed by atoms with Crippen molar-refractivity contribution in [3.63, 3.8) is 0 Å². The van der Waals surface area contributed by atoms with Crippen molar-refractivity contribution in [3.05, 3.63) is 35.4 Å². The maximum absolute atomic E-state index is 12.8. The van der Waals surface area contributed by atoms with Gasteiger partial charge < -0.3 is 4.74 Å². The van der Waals surface area contributed by atoms with E-state index in [2.05, 4.69) is 5.32 Å². The van der Waals surface area contributed by atoms with Crippen molar-refractivity contribution in [1.82, 2.24) is 10.2 Å². The van der Waals surface area contributed by atoms with Crippen LogP contribution < -0.4 is 5.32 Å². The normalized spacial score (nSPS) is 31.4. The quantitative estimate of drug-likeness (QED) is 0.663. The number of carbonyl (C=O) groups is 3. The van der Waals surface area contributed by atoms with Gasteiger partial charge in [-0.15, -0.1) is 0 Å². The minimum absolute atomic E-state index is 0.229. The van der Waals surface area contributed by atoms with Gasteiger partial charge >= 0.3 is 5.97 Å². The Morgan fingerprint density at radius 3 is 2.40 bits per heavy atom. The molecule has 6 heteroatoms. The summed E-state index contributed by atoms with van der Waals surface area (Å²) in [5, 5.41) is 3.32. The maximum Gasteiger partial charge on any atom is 0.327 e. The van der Waals surface area contributed by atoms with E-state index in [9.17, 15) is 14.4 Å². The number of rotatable bonds is 4. The van der Waals surface area contributed by atoms with Gasteiger partial charge in [0, 0.05) is 13.1 Å². The Hall–Kier alpha value is -2.21. The van der Waals surface area contributed by atoms with Crippen molar-refractivity contribution in [3.8, 4) is 0 Å². The average Bonchev–Trinajstić information content (AvgIpc) is 3.06. The van der Waals surface area contributed by atoms with Crippen LogP contribution in [0.25, 0.3) is 0 Å². The van der Waals surface area contributed by atoms with Gasteiger partial charge in [-0.25, -0.2) is 0 Å². The van der Waals surface area contributed by atoms with E-state index in [1.807, 2.05) is 38.1 Å². The smallest absolute Gasteiger partial charge is 0.327 e. The lowest BCUT2D eigenvalue weighted by molar-refractivity contribution is -0.156. The van der Waals surface area contributed by atoms with Gasteiger partial charge in [0.1, 0.15) is 5.54 Å².